The third kappa shape index (κ3) is 3.91. The Balaban J connectivity index is 1.75. The molecule has 2 atom stereocenters. The van der Waals surface area contributed by atoms with Crippen molar-refractivity contribution in [1.29, 1.82) is 0 Å². The van der Waals surface area contributed by atoms with E-state index in [2.05, 4.69) is 14.8 Å². The number of hydrogen-bond acceptors (Lipinski definition) is 6. The Morgan fingerprint density at radius 1 is 1.22 bits per heavy atom. The van der Waals surface area contributed by atoms with E-state index in [0.29, 0.717) is 6.61 Å². The van der Waals surface area contributed by atoms with Gasteiger partial charge in [-0.2, -0.15) is 0 Å². The molecule has 128 valence electrons. The molecule has 0 spiro atoms. The Kier molecular flexibility index (Phi) is 5.01. The van der Waals surface area contributed by atoms with Crippen LogP contribution in [-0.4, -0.2) is 80.1 Å². The molecule has 1 aromatic heterocycles. The zero-order valence-corrected chi connectivity index (χ0v) is 14.6. The average Bonchev–Trinajstić information content (AvgIpc) is 2.82. The molecule has 2 aliphatic rings. The monoisotopic (exact) mass is 339 g/mol. The van der Waals surface area contributed by atoms with Crippen molar-refractivity contribution in [1.82, 2.24) is 14.8 Å². The molecule has 0 aromatic carbocycles. The first-order valence-electron chi connectivity index (χ1n) is 8.08. The molecule has 7 heteroatoms. The molecular weight excluding hydrogens is 314 g/mol. The molecule has 2 fully saturated rings. The van der Waals surface area contributed by atoms with E-state index in [4.69, 9.17) is 4.74 Å². The second kappa shape index (κ2) is 6.84. The highest BCUT2D eigenvalue weighted by atomic mass is 32.2. The summed E-state index contributed by atoms with van der Waals surface area (Å²) < 4.78 is 29.5. The minimum atomic E-state index is -2.96. The second-order valence-corrected chi connectivity index (χ2v) is 8.63. The number of nitrogens with zero attached hydrogens (tertiary/aromatic N) is 3. The van der Waals surface area contributed by atoms with Gasteiger partial charge in [-0.25, -0.2) is 8.42 Å². The van der Waals surface area contributed by atoms with Gasteiger partial charge < -0.3 is 4.74 Å². The first-order valence-corrected chi connectivity index (χ1v) is 9.90. The van der Waals surface area contributed by atoms with Crippen LogP contribution < -0.4 is 0 Å². The van der Waals surface area contributed by atoms with Crippen LogP contribution in [0.1, 0.15) is 11.4 Å². The third-order valence-electron chi connectivity index (χ3n) is 4.80. The van der Waals surface area contributed by atoms with Gasteiger partial charge in [-0.1, -0.05) is 6.07 Å². The predicted molar refractivity (Wildman–Crippen MR) is 89.1 cm³/mol. The van der Waals surface area contributed by atoms with E-state index in [9.17, 15) is 8.42 Å². The van der Waals surface area contributed by atoms with Gasteiger partial charge >= 0.3 is 0 Å². The van der Waals surface area contributed by atoms with Crippen LogP contribution in [0.3, 0.4) is 0 Å². The molecule has 2 saturated heterocycles. The summed E-state index contributed by atoms with van der Waals surface area (Å²) in [7, 11) is -1.28. The topological polar surface area (TPSA) is 62.7 Å². The van der Waals surface area contributed by atoms with Crippen molar-refractivity contribution in [2.45, 2.75) is 25.6 Å². The maximum atomic E-state index is 12.2. The lowest BCUT2D eigenvalue weighted by Crippen LogP contribution is -2.59. The zero-order chi connectivity index (χ0) is 16.4. The van der Waals surface area contributed by atoms with Crippen molar-refractivity contribution in [2.75, 3.05) is 44.9 Å². The van der Waals surface area contributed by atoms with Gasteiger partial charge in [-0.3, -0.25) is 14.8 Å². The Morgan fingerprint density at radius 3 is 2.61 bits per heavy atom. The lowest BCUT2D eigenvalue weighted by molar-refractivity contribution is 0.0247. The van der Waals surface area contributed by atoms with Crippen molar-refractivity contribution < 1.29 is 13.2 Å². The number of pyridine rings is 1. The van der Waals surface area contributed by atoms with E-state index in [1.165, 1.54) is 0 Å². The van der Waals surface area contributed by atoms with Crippen molar-refractivity contribution in [3.05, 3.63) is 29.6 Å². The van der Waals surface area contributed by atoms with Gasteiger partial charge in [0.05, 0.1) is 23.8 Å². The molecule has 0 aliphatic carbocycles. The summed E-state index contributed by atoms with van der Waals surface area (Å²) in [6.07, 6.45) is 0. The van der Waals surface area contributed by atoms with Gasteiger partial charge in [0.1, 0.15) is 0 Å². The Morgan fingerprint density at radius 2 is 1.91 bits per heavy atom. The normalized spacial score (nSPS) is 27.9. The van der Waals surface area contributed by atoms with Crippen LogP contribution in [0.25, 0.3) is 0 Å². The summed E-state index contributed by atoms with van der Waals surface area (Å²) in [6, 6.07) is 6.15. The third-order valence-corrected chi connectivity index (χ3v) is 6.50. The maximum Gasteiger partial charge on any atom is 0.153 e. The van der Waals surface area contributed by atoms with E-state index in [1.54, 1.807) is 7.11 Å². The van der Waals surface area contributed by atoms with Gasteiger partial charge in [0.2, 0.25) is 0 Å². The zero-order valence-electron chi connectivity index (χ0n) is 13.8. The number of aryl methyl sites for hydroxylation is 1. The number of methoxy groups -OCH3 is 1. The fourth-order valence-corrected chi connectivity index (χ4v) is 5.72. The SMILES string of the molecule is COCCN1CCN(Cc2cccc(C)n2)[C@H]2CS(=O)(=O)C[C@H]21. The van der Waals surface area contributed by atoms with Crippen molar-refractivity contribution in [3.8, 4) is 0 Å². The number of rotatable bonds is 5. The lowest BCUT2D eigenvalue weighted by Gasteiger charge is -2.43. The average molecular weight is 339 g/mol. The number of sulfone groups is 1. The first kappa shape index (κ1) is 16.8. The van der Waals surface area contributed by atoms with Crippen molar-refractivity contribution >= 4 is 9.84 Å². The quantitative estimate of drug-likeness (QED) is 0.770. The molecule has 0 radical (unpaired) electrons. The molecule has 6 nitrogen and oxygen atoms in total. The summed E-state index contributed by atoms with van der Waals surface area (Å²) in [5, 5.41) is 0. The second-order valence-electron chi connectivity index (χ2n) is 6.48. The molecule has 3 heterocycles. The fraction of sp³-hybridized carbons (Fsp3) is 0.688. The van der Waals surface area contributed by atoms with Crippen LogP contribution in [0.15, 0.2) is 18.2 Å². The number of aromatic nitrogens is 1. The minimum absolute atomic E-state index is 0.0629. The highest BCUT2D eigenvalue weighted by molar-refractivity contribution is 7.91. The van der Waals surface area contributed by atoms with Crippen LogP contribution in [0.2, 0.25) is 0 Å². The van der Waals surface area contributed by atoms with E-state index < -0.39 is 9.84 Å². The molecule has 0 unspecified atom stereocenters. The standard InChI is InChI=1S/C16H25N3O3S/c1-13-4-3-5-14(17-13)10-19-7-6-18(8-9-22-2)15-11-23(20,21)12-16(15)19/h3-5,15-16H,6-12H2,1-2H3/t15-,16+/m1/s1. The maximum absolute atomic E-state index is 12.2. The van der Waals surface area contributed by atoms with Crippen molar-refractivity contribution in [2.24, 2.45) is 0 Å². The van der Waals surface area contributed by atoms with Gasteiger partial charge in [-0.15, -0.1) is 0 Å². The van der Waals surface area contributed by atoms with E-state index >= 15 is 0 Å². The molecular formula is C16H25N3O3S. The highest BCUT2D eigenvalue weighted by Crippen LogP contribution is 2.27. The summed E-state index contributed by atoms with van der Waals surface area (Å²) in [4.78, 5) is 9.13. The van der Waals surface area contributed by atoms with Crippen LogP contribution >= 0.6 is 0 Å². The number of fused-ring (bicyclic) bond motifs is 1. The van der Waals surface area contributed by atoms with Gasteiger partial charge in [0.25, 0.3) is 0 Å². The highest BCUT2D eigenvalue weighted by Gasteiger charge is 2.46. The van der Waals surface area contributed by atoms with Crippen LogP contribution in [0.5, 0.6) is 0 Å². The molecule has 0 N–H and O–H groups in total. The Bertz CT molecular complexity index is 650. The summed E-state index contributed by atoms with van der Waals surface area (Å²) >= 11 is 0. The molecule has 3 rings (SSSR count). The van der Waals surface area contributed by atoms with Gasteiger partial charge in [0.15, 0.2) is 9.84 Å². The fourth-order valence-electron chi connectivity index (χ4n) is 3.67. The van der Waals surface area contributed by atoms with Gasteiger partial charge in [0, 0.05) is 51.1 Å². The first-order chi connectivity index (χ1) is 11.0. The van der Waals surface area contributed by atoms with E-state index in [-0.39, 0.29) is 23.6 Å². The molecule has 0 bridgehead atoms. The Hall–Kier alpha value is -1.02. The lowest BCUT2D eigenvalue weighted by atomic mass is 10.0. The summed E-state index contributed by atoms with van der Waals surface area (Å²) in [6.45, 7) is 5.89. The number of hydrogen-bond donors (Lipinski definition) is 0. The smallest absolute Gasteiger partial charge is 0.153 e. The number of piperazine rings is 1. The molecule has 23 heavy (non-hydrogen) atoms. The largest absolute Gasteiger partial charge is 0.383 e. The summed E-state index contributed by atoms with van der Waals surface area (Å²) in [5.74, 6) is 0.520. The predicted octanol–water partition coefficient (Wildman–Crippen LogP) is 0.320. The van der Waals surface area contributed by atoms with Crippen LogP contribution in [-0.2, 0) is 21.1 Å². The number of ether oxygens (including phenoxy) is 1. The molecule has 1 aromatic rings. The molecule has 0 saturated carbocycles. The van der Waals surface area contributed by atoms with E-state index in [1.807, 2.05) is 25.1 Å². The minimum Gasteiger partial charge on any atom is -0.383 e. The Labute approximate surface area is 138 Å². The van der Waals surface area contributed by atoms with E-state index in [0.717, 1.165) is 37.6 Å². The van der Waals surface area contributed by atoms with Crippen LogP contribution in [0, 0.1) is 6.92 Å². The molecule has 2 aliphatic heterocycles. The summed E-state index contributed by atoms with van der Waals surface area (Å²) in [5.41, 5.74) is 2.01. The van der Waals surface area contributed by atoms with Crippen LogP contribution in [0.4, 0.5) is 0 Å². The molecule has 0 amide bonds. The van der Waals surface area contributed by atoms with Gasteiger partial charge in [-0.05, 0) is 19.1 Å². The van der Waals surface area contributed by atoms with Crippen molar-refractivity contribution in [3.63, 3.8) is 0 Å².